The van der Waals surface area contributed by atoms with E-state index in [4.69, 9.17) is 9.26 Å². The molecule has 0 atom stereocenters. The van der Waals surface area contributed by atoms with E-state index < -0.39 is 0 Å². The minimum atomic E-state index is -0.156. The van der Waals surface area contributed by atoms with Crippen molar-refractivity contribution in [3.8, 4) is 17.0 Å². The van der Waals surface area contributed by atoms with Crippen molar-refractivity contribution in [2.24, 2.45) is 0 Å². The Labute approximate surface area is 180 Å². The van der Waals surface area contributed by atoms with Crippen molar-refractivity contribution in [3.63, 3.8) is 0 Å². The van der Waals surface area contributed by atoms with E-state index in [9.17, 15) is 4.79 Å². The number of benzene rings is 1. The summed E-state index contributed by atoms with van der Waals surface area (Å²) in [6.07, 6.45) is 1.77. The average molecular weight is 416 g/mol. The minimum Gasteiger partial charge on any atom is -0.496 e. The monoisotopic (exact) mass is 416 g/mol. The number of pyridine rings is 2. The molecule has 1 aromatic carbocycles. The molecule has 31 heavy (non-hydrogen) atoms. The molecule has 4 rings (SSSR count). The first-order valence-electron chi connectivity index (χ1n) is 9.97. The molecule has 0 saturated heterocycles. The molecule has 0 saturated carbocycles. The fraction of sp³-hybridized carbons (Fsp3) is 0.250. The van der Waals surface area contributed by atoms with E-state index in [0.717, 1.165) is 28.1 Å². The van der Waals surface area contributed by atoms with Crippen molar-refractivity contribution in [3.05, 3.63) is 70.7 Å². The smallest absolute Gasteiger partial charge is 0.259 e. The van der Waals surface area contributed by atoms with Gasteiger partial charge in [-0.15, -0.1) is 0 Å². The summed E-state index contributed by atoms with van der Waals surface area (Å²) < 4.78 is 10.9. The first kappa shape index (κ1) is 20.5. The van der Waals surface area contributed by atoms with Gasteiger partial charge >= 0.3 is 0 Å². The van der Waals surface area contributed by atoms with Gasteiger partial charge in [-0.2, -0.15) is 0 Å². The summed E-state index contributed by atoms with van der Waals surface area (Å²) in [5.74, 6) is 0.634. The van der Waals surface area contributed by atoms with Crippen molar-refractivity contribution in [2.45, 2.75) is 27.3 Å². The van der Waals surface area contributed by atoms with E-state index in [1.165, 1.54) is 0 Å². The standard InChI is InChI=1S/C24H24N4O3/c1-14-12-25-20(15(2)22(14)30-5)13-28(4)24(29)18-11-19(17-9-7-6-8-10-17)26-23-21(18)16(3)27-31-23/h6-12H,13H2,1-5H3. The van der Waals surface area contributed by atoms with Crippen LogP contribution in [0.15, 0.2) is 47.1 Å². The number of methoxy groups -OCH3 is 1. The van der Waals surface area contributed by atoms with Gasteiger partial charge in [0.15, 0.2) is 0 Å². The van der Waals surface area contributed by atoms with Crippen molar-refractivity contribution in [2.75, 3.05) is 14.2 Å². The third kappa shape index (κ3) is 3.74. The molecule has 0 unspecified atom stereocenters. The van der Waals surface area contributed by atoms with Gasteiger partial charge in [-0.25, -0.2) is 4.98 Å². The van der Waals surface area contributed by atoms with Gasteiger partial charge in [0.1, 0.15) is 5.75 Å². The molecule has 0 aliphatic heterocycles. The molecule has 4 aromatic rings. The highest BCUT2D eigenvalue weighted by molar-refractivity contribution is 6.06. The molecule has 0 bridgehead atoms. The molecule has 0 N–H and O–H groups in total. The lowest BCUT2D eigenvalue weighted by atomic mass is 10.0. The second-order valence-electron chi connectivity index (χ2n) is 7.58. The largest absolute Gasteiger partial charge is 0.496 e. The first-order valence-corrected chi connectivity index (χ1v) is 9.97. The zero-order chi connectivity index (χ0) is 22.1. The molecule has 0 fully saturated rings. The van der Waals surface area contributed by atoms with Crippen LogP contribution in [0.5, 0.6) is 5.75 Å². The Morgan fingerprint density at radius 2 is 1.90 bits per heavy atom. The fourth-order valence-electron chi connectivity index (χ4n) is 3.75. The number of hydrogen-bond acceptors (Lipinski definition) is 6. The van der Waals surface area contributed by atoms with Gasteiger partial charge in [0.05, 0.1) is 41.7 Å². The number of amides is 1. The van der Waals surface area contributed by atoms with Gasteiger partial charge in [0.2, 0.25) is 0 Å². The third-order valence-electron chi connectivity index (χ3n) is 5.40. The molecule has 7 nitrogen and oxygen atoms in total. The van der Waals surface area contributed by atoms with Crippen LogP contribution < -0.4 is 4.74 Å². The number of carbonyl (C=O) groups is 1. The lowest BCUT2D eigenvalue weighted by Crippen LogP contribution is -2.27. The Kier molecular flexibility index (Phi) is 5.42. The Bertz CT molecular complexity index is 1270. The Balaban J connectivity index is 1.74. The summed E-state index contributed by atoms with van der Waals surface area (Å²) in [7, 11) is 3.40. The predicted octanol–water partition coefficient (Wildman–Crippen LogP) is 4.49. The van der Waals surface area contributed by atoms with Gasteiger partial charge in [0.25, 0.3) is 11.6 Å². The van der Waals surface area contributed by atoms with Crippen LogP contribution in [0.25, 0.3) is 22.4 Å². The summed E-state index contributed by atoms with van der Waals surface area (Å²) in [6.45, 7) is 6.05. The lowest BCUT2D eigenvalue weighted by Gasteiger charge is -2.20. The number of carbonyl (C=O) groups excluding carboxylic acids is 1. The molecule has 0 aliphatic carbocycles. The van der Waals surface area contributed by atoms with Gasteiger partial charge in [-0.05, 0) is 26.8 Å². The number of rotatable bonds is 5. The number of fused-ring (bicyclic) bond motifs is 1. The number of aryl methyl sites for hydroxylation is 2. The fourth-order valence-corrected chi connectivity index (χ4v) is 3.75. The summed E-state index contributed by atoms with van der Waals surface area (Å²) in [5, 5.41) is 4.65. The highest BCUT2D eigenvalue weighted by Gasteiger charge is 2.23. The van der Waals surface area contributed by atoms with E-state index in [2.05, 4.69) is 15.1 Å². The second-order valence-corrected chi connectivity index (χ2v) is 7.58. The maximum atomic E-state index is 13.5. The predicted molar refractivity (Wildman–Crippen MR) is 118 cm³/mol. The molecule has 7 heteroatoms. The Hall–Kier alpha value is -3.74. The molecule has 3 heterocycles. The van der Waals surface area contributed by atoms with E-state index in [1.54, 1.807) is 31.3 Å². The van der Waals surface area contributed by atoms with Crippen molar-refractivity contribution < 1.29 is 14.1 Å². The Morgan fingerprint density at radius 1 is 1.16 bits per heavy atom. The van der Waals surface area contributed by atoms with E-state index in [-0.39, 0.29) is 5.91 Å². The molecule has 3 aromatic heterocycles. The molecule has 1 amide bonds. The van der Waals surface area contributed by atoms with E-state index in [0.29, 0.717) is 34.6 Å². The summed E-state index contributed by atoms with van der Waals surface area (Å²) in [4.78, 5) is 24.2. The van der Waals surface area contributed by atoms with Crippen LogP contribution in [0.3, 0.4) is 0 Å². The van der Waals surface area contributed by atoms with Gasteiger partial charge in [0, 0.05) is 29.9 Å². The third-order valence-corrected chi connectivity index (χ3v) is 5.40. The van der Waals surface area contributed by atoms with Crippen molar-refractivity contribution in [1.82, 2.24) is 20.0 Å². The van der Waals surface area contributed by atoms with Crippen molar-refractivity contribution >= 4 is 17.0 Å². The summed E-state index contributed by atoms with van der Waals surface area (Å²) in [6, 6.07) is 11.5. The van der Waals surface area contributed by atoms with Gasteiger partial charge in [-0.3, -0.25) is 9.78 Å². The summed E-state index contributed by atoms with van der Waals surface area (Å²) in [5.41, 5.74) is 5.71. The molecular formula is C24H24N4O3. The summed E-state index contributed by atoms with van der Waals surface area (Å²) >= 11 is 0. The van der Waals surface area contributed by atoms with Gasteiger partial charge < -0.3 is 14.2 Å². The van der Waals surface area contributed by atoms with E-state index in [1.807, 2.05) is 51.1 Å². The zero-order valence-corrected chi connectivity index (χ0v) is 18.3. The minimum absolute atomic E-state index is 0.156. The highest BCUT2D eigenvalue weighted by atomic mass is 16.5. The van der Waals surface area contributed by atoms with Crippen LogP contribution in [0.4, 0.5) is 0 Å². The Morgan fingerprint density at radius 3 is 2.61 bits per heavy atom. The first-order chi connectivity index (χ1) is 14.9. The number of nitrogens with zero attached hydrogens (tertiary/aromatic N) is 4. The van der Waals surface area contributed by atoms with E-state index >= 15 is 0 Å². The van der Waals surface area contributed by atoms with Crippen LogP contribution in [0, 0.1) is 20.8 Å². The lowest BCUT2D eigenvalue weighted by molar-refractivity contribution is 0.0785. The van der Waals surface area contributed by atoms with Gasteiger partial charge in [-0.1, -0.05) is 35.5 Å². The molecule has 158 valence electrons. The maximum Gasteiger partial charge on any atom is 0.259 e. The average Bonchev–Trinajstić information content (AvgIpc) is 3.16. The molecular weight excluding hydrogens is 392 g/mol. The quantitative estimate of drug-likeness (QED) is 0.477. The topological polar surface area (TPSA) is 81.4 Å². The molecule has 0 aliphatic rings. The SMILES string of the molecule is COc1c(C)cnc(CN(C)C(=O)c2cc(-c3ccccc3)nc3onc(C)c23)c1C. The van der Waals surface area contributed by atoms with Crippen LogP contribution in [-0.2, 0) is 6.54 Å². The molecule has 0 radical (unpaired) electrons. The van der Waals surface area contributed by atoms with Crippen molar-refractivity contribution in [1.29, 1.82) is 0 Å². The normalized spacial score (nSPS) is 11.0. The van der Waals surface area contributed by atoms with Crippen LogP contribution in [0.2, 0.25) is 0 Å². The van der Waals surface area contributed by atoms with Crippen LogP contribution in [0.1, 0.15) is 32.9 Å². The zero-order valence-electron chi connectivity index (χ0n) is 18.3. The number of aromatic nitrogens is 3. The highest BCUT2D eigenvalue weighted by Crippen LogP contribution is 2.29. The van der Waals surface area contributed by atoms with Crippen LogP contribution >= 0.6 is 0 Å². The number of ether oxygens (including phenoxy) is 1. The maximum absolute atomic E-state index is 13.5. The van der Waals surface area contributed by atoms with Crippen LogP contribution in [-0.4, -0.2) is 40.1 Å². The number of hydrogen-bond donors (Lipinski definition) is 0. The second kappa shape index (κ2) is 8.18. The molecule has 0 spiro atoms.